The van der Waals surface area contributed by atoms with Crippen LogP contribution in [0, 0.1) is 11.6 Å². The number of urea groups is 1. The SMILES string of the molecule is O=C(NC1CCCCC1)N1CCN(C(=O)c2cc(F)c(F)cc2Cl)CC1. The fraction of sp³-hybridized carbons (Fsp3) is 0.556. The Morgan fingerprint density at radius 1 is 0.962 bits per heavy atom. The number of carbonyl (C=O) groups excluding carboxylic acids is 2. The molecular weight excluding hydrogens is 364 g/mol. The lowest BCUT2D eigenvalue weighted by Crippen LogP contribution is -2.54. The van der Waals surface area contributed by atoms with Gasteiger partial charge in [0.25, 0.3) is 5.91 Å². The van der Waals surface area contributed by atoms with Crippen LogP contribution in [0.5, 0.6) is 0 Å². The van der Waals surface area contributed by atoms with E-state index in [4.69, 9.17) is 11.6 Å². The molecule has 0 spiro atoms. The molecule has 1 aliphatic carbocycles. The molecule has 2 aliphatic rings. The van der Waals surface area contributed by atoms with E-state index in [1.54, 1.807) is 4.90 Å². The van der Waals surface area contributed by atoms with E-state index in [1.165, 1.54) is 11.3 Å². The average molecular weight is 386 g/mol. The Bertz CT molecular complexity index is 687. The van der Waals surface area contributed by atoms with Crippen LogP contribution >= 0.6 is 11.6 Å². The van der Waals surface area contributed by atoms with Crippen molar-refractivity contribution in [1.29, 1.82) is 0 Å². The number of hydrogen-bond donors (Lipinski definition) is 1. The van der Waals surface area contributed by atoms with Gasteiger partial charge < -0.3 is 15.1 Å². The van der Waals surface area contributed by atoms with E-state index in [2.05, 4.69) is 5.32 Å². The Labute approximate surface area is 156 Å². The summed E-state index contributed by atoms with van der Waals surface area (Å²) < 4.78 is 26.6. The third kappa shape index (κ3) is 4.26. The first-order valence-corrected chi connectivity index (χ1v) is 9.33. The van der Waals surface area contributed by atoms with Crippen molar-refractivity contribution in [3.05, 3.63) is 34.4 Å². The monoisotopic (exact) mass is 385 g/mol. The van der Waals surface area contributed by atoms with Crippen LogP contribution in [-0.4, -0.2) is 54.0 Å². The van der Waals surface area contributed by atoms with Gasteiger partial charge in [-0.2, -0.15) is 0 Å². The standard InChI is InChI=1S/C18H22ClF2N3O2/c19-14-11-16(21)15(20)10-13(14)17(25)23-6-8-24(9-7-23)18(26)22-12-4-2-1-3-5-12/h10-12H,1-9H2,(H,22,26). The van der Waals surface area contributed by atoms with Gasteiger partial charge in [-0.25, -0.2) is 13.6 Å². The van der Waals surface area contributed by atoms with Crippen LogP contribution in [0.1, 0.15) is 42.5 Å². The van der Waals surface area contributed by atoms with Crippen molar-refractivity contribution >= 4 is 23.5 Å². The zero-order valence-corrected chi connectivity index (χ0v) is 15.2. The first-order valence-electron chi connectivity index (χ1n) is 8.95. The molecule has 1 aromatic carbocycles. The number of amides is 3. The highest BCUT2D eigenvalue weighted by Crippen LogP contribution is 2.22. The van der Waals surface area contributed by atoms with Gasteiger partial charge in [-0.3, -0.25) is 4.79 Å². The number of hydrogen-bond acceptors (Lipinski definition) is 2. The summed E-state index contributed by atoms with van der Waals surface area (Å²) in [6.45, 7) is 1.44. The van der Waals surface area contributed by atoms with Gasteiger partial charge in [0.05, 0.1) is 10.6 Å². The van der Waals surface area contributed by atoms with Gasteiger partial charge >= 0.3 is 6.03 Å². The molecule has 1 saturated carbocycles. The lowest BCUT2D eigenvalue weighted by atomic mass is 9.96. The lowest BCUT2D eigenvalue weighted by Gasteiger charge is -2.36. The zero-order chi connectivity index (χ0) is 18.7. The summed E-state index contributed by atoms with van der Waals surface area (Å²) in [7, 11) is 0. The Kier molecular flexibility index (Phi) is 5.96. The minimum Gasteiger partial charge on any atom is -0.335 e. The maximum absolute atomic E-state index is 13.4. The van der Waals surface area contributed by atoms with Crippen molar-refractivity contribution in [3.8, 4) is 0 Å². The molecule has 26 heavy (non-hydrogen) atoms. The van der Waals surface area contributed by atoms with Gasteiger partial charge in [0.15, 0.2) is 11.6 Å². The first kappa shape index (κ1) is 18.9. The summed E-state index contributed by atoms with van der Waals surface area (Å²) in [6.07, 6.45) is 5.53. The summed E-state index contributed by atoms with van der Waals surface area (Å²) in [5.74, 6) is -2.65. The van der Waals surface area contributed by atoms with Crippen molar-refractivity contribution in [3.63, 3.8) is 0 Å². The van der Waals surface area contributed by atoms with Gasteiger partial charge in [0, 0.05) is 32.2 Å². The number of benzene rings is 1. The Morgan fingerprint density at radius 2 is 1.54 bits per heavy atom. The lowest BCUT2D eigenvalue weighted by molar-refractivity contribution is 0.0662. The van der Waals surface area contributed by atoms with E-state index < -0.39 is 17.5 Å². The molecule has 1 aliphatic heterocycles. The quantitative estimate of drug-likeness (QED) is 0.793. The summed E-state index contributed by atoms with van der Waals surface area (Å²) >= 11 is 5.87. The first-order chi connectivity index (χ1) is 12.5. The van der Waals surface area contributed by atoms with Gasteiger partial charge in [-0.05, 0) is 25.0 Å². The molecule has 1 saturated heterocycles. The van der Waals surface area contributed by atoms with E-state index in [1.807, 2.05) is 0 Å². The highest BCUT2D eigenvalue weighted by atomic mass is 35.5. The van der Waals surface area contributed by atoms with Crippen molar-refractivity contribution in [2.75, 3.05) is 26.2 Å². The topological polar surface area (TPSA) is 52.7 Å². The van der Waals surface area contributed by atoms with Crippen LogP contribution in [0.4, 0.5) is 13.6 Å². The molecule has 2 fully saturated rings. The van der Waals surface area contributed by atoms with Crippen LogP contribution in [0.2, 0.25) is 5.02 Å². The van der Waals surface area contributed by atoms with Gasteiger partial charge in [0.2, 0.25) is 0 Å². The molecule has 5 nitrogen and oxygen atoms in total. The fourth-order valence-electron chi connectivity index (χ4n) is 3.48. The van der Waals surface area contributed by atoms with Gasteiger partial charge in [-0.1, -0.05) is 30.9 Å². The van der Waals surface area contributed by atoms with Crippen molar-refractivity contribution in [1.82, 2.24) is 15.1 Å². The molecule has 3 amide bonds. The number of nitrogens with zero attached hydrogens (tertiary/aromatic N) is 2. The van der Waals surface area contributed by atoms with E-state index >= 15 is 0 Å². The molecule has 1 N–H and O–H groups in total. The minimum absolute atomic E-state index is 0.0642. The Morgan fingerprint density at radius 3 is 2.19 bits per heavy atom. The fourth-order valence-corrected chi connectivity index (χ4v) is 3.71. The average Bonchev–Trinajstić information content (AvgIpc) is 2.65. The second-order valence-electron chi connectivity index (χ2n) is 6.81. The number of piperazine rings is 1. The van der Waals surface area contributed by atoms with Crippen LogP contribution in [0.25, 0.3) is 0 Å². The van der Waals surface area contributed by atoms with Crippen LogP contribution in [-0.2, 0) is 0 Å². The van der Waals surface area contributed by atoms with Crippen molar-refractivity contribution in [2.45, 2.75) is 38.1 Å². The molecular formula is C18H22ClF2N3O2. The van der Waals surface area contributed by atoms with Crippen molar-refractivity contribution in [2.24, 2.45) is 0 Å². The summed E-state index contributed by atoms with van der Waals surface area (Å²) in [5.41, 5.74) is -0.0642. The molecule has 3 rings (SSSR count). The maximum Gasteiger partial charge on any atom is 0.317 e. The summed E-state index contributed by atoms with van der Waals surface area (Å²) in [6, 6.07) is 1.76. The van der Waals surface area contributed by atoms with E-state index in [0.717, 1.165) is 37.8 Å². The predicted molar refractivity (Wildman–Crippen MR) is 94.2 cm³/mol. The zero-order valence-electron chi connectivity index (χ0n) is 14.4. The van der Waals surface area contributed by atoms with E-state index in [-0.39, 0.29) is 22.7 Å². The molecule has 0 bridgehead atoms. The van der Waals surface area contributed by atoms with Crippen LogP contribution < -0.4 is 5.32 Å². The Balaban J connectivity index is 1.55. The summed E-state index contributed by atoms with van der Waals surface area (Å²) in [4.78, 5) is 28.0. The highest BCUT2D eigenvalue weighted by molar-refractivity contribution is 6.33. The minimum atomic E-state index is -1.11. The molecule has 1 heterocycles. The molecule has 0 radical (unpaired) electrons. The van der Waals surface area contributed by atoms with Crippen molar-refractivity contribution < 1.29 is 18.4 Å². The molecule has 142 valence electrons. The largest absolute Gasteiger partial charge is 0.335 e. The highest BCUT2D eigenvalue weighted by Gasteiger charge is 2.28. The number of carbonyl (C=O) groups is 2. The van der Waals surface area contributed by atoms with Gasteiger partial charge in [-0.15, -0.1) is 0 Å². The van der Waals surface area contributed by atoms with Crippen LogP contribution in [0.3, 0.4) is 0 Å². The smallest absolute Gasteiger partial charge is 0.317 e. The van der Waals surface area contributed by atoms with E-state index in [0.29, 0.717) is 26.2 Å². The summed E-state index contributed by atoms with van der Waals surface area (Å²) in [5, 5.41) is 2.94. The number of nitrogens with one attached hydrogen (secondary N) is 1. The third-order valence-corrected chi connectivity index (χ3v) is 5.34. The molecule has 1 aromatic rings. The molecule has 8 heteroatoms. The maximum atomic E-state index is 13.4. The molecule has 0 atom stereocenters. The Hall–Kier alpha value is -1.89. The van der Waals surface area contributed by atoms with E-state index in [9.17, 15) is 18.4 Å². The second-order valence-corrected chi connectivity index (χ2v) is 7.22. The normalized spacial score (nSPS) is 18.7. The molecule has 0 unspecified atom stereocenters. The van der Waals surface area contributed by atoms with Crippen LogP contribution in [0.15, 0.2) is 12.1 Å². The third-order valence-electron chi connectivity index (χ3n) is 5.03. The second kappa shape index (κ2) is 8.20. The predicted octanol–water partition coefficient (Wildman–Crippen LogP) is 3.42. The number of rotatable bonds is 2. The van der Waals surface area contributed by atoms with Gasteiger partial charge in [0.1, 0.15) is 0 Å². The number of halogens is 3. The molecule has 0 aromatic heterocycles.